The molecule has 2 unspecified atom stereocenters. The summed E-state index contributed by atoms with van der Waals surface area (Å²) in [5.74, 6) is 0.498. The minimum atomic E-state index is -1.44. The summed E-state index contributed by atoms with van der Waals surface area (Å²) < 4.78 is 12.8. The van der Waals surface area contributed by atoms with Gasteiger partial charge in [0.05, 0.1) is 0 Å². The quantitative estimate of drug-likeness (QED) is 0.650. The van der Waals surface area contributed by atoms with Crippen molar-refractivity contribution in [1.82, 2.24) is 4.98 Å². The summed E-state index contributed by atoms with van der Waals surface area (Å²) in [6.45, 7) is 17.8. The number of nitrogens with zero attached hydrogens (tertiary/aromatic N) is 1. The molecule has 0 spiro atoms. The van der Waals surface area contributed by atoms with Crippen molar-refractivity contribution < 1.29 is 8.85 Å². The van der Waals surface area contributed by atoms with Crippen LogP contribution in [0.4, 0.5) is 5.82 Å². The summed E-state index contributed by atoms with van der Waals surface area (Å²) in [5, 5.41) is 0.343. The highest BCUT2D eigenvalue weighted by atomic mass is 28.3. The lowest BCUT2D eigenvalue weighted by molar-refractivity contribution is -0.00717. The Morgan fingerprint density at radius 2 is 1.45 bits per heavy atom. The van der Waals surface area contributed by atoms with Crippen LogP contribution >= 0.6 is 0 Å². The molecule has 1 rings (SSSR count). The SMILES string of the molecule is C[SiH](OC(O[SiH](C)C(C)(C)C)c1cccnc1N)C(C)(C)C. The lowest BCUT2D eigenvalue weighted by Crippen LogP contribution is -2.34. The van der Waals surface area contributed by atoms with Crippen LogP contribution < -0.4 is 5.73 Å². The number of hydrogen-bond donors (Lipinski definition) is 1. The maximum absolute atomic E-state index is 6.38. The van der Waals surface area contributed by atoms with Crippen molar-refractivity contribution in [1.29, 1.82) is 0 Å². The molecular weight excluding hydrogens is 308 g/mol. The highest BCUT2D eigenvalue weighted by molar-refractivity contribution is 6.55. The van der Waals surface area contributed by atoms with Gasteiger partial charge in [0.25, 0.3) is 0 Å². The van der Waals surface area contributed by atoms with Gasteiger partial charge in [-0.3, -0.25) is 0 Å². The Morgan fingerprint density at radius 1 is 1.00 bits per heavy atom. The van der Waals surface area contributed by atoms with Gasteiger partial charge in [-0.25, -0.2) is 4.98 Å². The molecule has 6 heteroatoms. The average molecular weight is 341 g/mol. The largest absolute Gasteiger partial charge is 0.392 e. The van der Waals surface area contributed by atoms with Crippen LogP contribution in [0.2, 0.25) is 23.2 Å². The van der Waals surface area contributed by atoms with Gasteiger partial charge in [0.15, 0.2) is 24.4 Å². The molecule has 0 aliphatic heterocycles. The number of nitrogens with two attached hydrogens (primary N) is 1. The predicted molar refractivity (Wildman–Crippen MR) is 99.0 cm³/mol. The molecule has 22 heavy (non-hydrogen) atoms. The van der Waals surface area contributed by atoms with E-state index >= 15 is 0 Å². The van der Waals surface area contributed by atoms with Crippen LogP contribution in [0.5, 0.6) is 0 Å². The van der Waals surface area contributed by atoms with Gasteiger partial charge in [0.2, 0.25) is 0 Å². The number of rotatable bonds is 5. The van der Waals surface area contributed by atoms with E-state index in [1.165, 1.54) is 0 Å². The van der Waals surface area contributed by atoms with Crippen LogP contribution in [0.15, 0.2) is 18.3 Å². The maximum atomic E-state index is 6.38. The van der Waals surface area contributed by atoms with Crippen LogP contribution in [-0.4, -0.2) is 23.1 Å². The molecule has 0 aliphatic carbocycles. The molecule has 4 nitrogen and oxygen atoms in total. The first kappa shape index (κ1) is 19.4. The van der Waals surface area contributed by atoms with Crippen LogP contribution in [0.25, 0.3) is 0 Å². The molecule has 1 aromatic heterocycles. The molecule has 0 radical (unpaired) electrons. The Kier molecular flexibility index (Phi) is 6.38. The van der Waals surface area contributed by atoms with Gasteiger partial charge in [0, 0.05) is 11.8 Å². The molecular formula is C16H32N2O2Si2. The van der Waals surface area contributed by atoms with Gasteiger partial charge in [0.1, 0.15) is 5.82 Å². The third-order valence-electron chi connectivity index (χ3n) is 4.22. The van der Waals surface area contributed by atoms with Crippen molar-refractivity contribution in [3.63, 3.8) is 0 Å². The highest BCUT2D eigenvalue weighted by Gasteiger charge is 2.32. The van der Waals surface area contributed by atoms with Gasteiger partial charge in [-0.1, -0.05) is 41.5 Å². The molecule has 0 saturated heterocycles. The first-order valence-electron chi connectivity index (χ1n) is 7.94. The first-order valence-corrected chi connectivity index (χ1v) is 12.3. The summed E-state index contributed by atoms with van der Waals surface area (Å²) >= 11 is 0. The second kappa shape index (κ2) is 7.25. The van der Waals surface area contributed by atoms with Gasteiger partial charge in [-0.05, 0) is 35.3 Å². The number of pyridine rings is 1. The lowest BCUT2D eigenvalue weighted by Gasteiger charge is -2.35. The zero-order valence-corrected chi connectivity index (χ0v) is 17.6. The van der Waals surface area contributed by atoms with Crippen molar-refractivity contribution in [3.05, 3.63) is 23.9 Å². The molecule has 0 fully saturated rings. The minimum absolute atomic E-state index is 0.172. The Bertz CT molecular complexity index is 462. The van der Waals surface area contributed by atoms with E-state index in [1.807, 2.05) is 12.1 Å². The third-order valence-corrected chi connectivity index (χ3v) is 10.4. The fourth-order valence-corrected chi connectivity index (χ4v) is 3.69. The molecule has 0 aromatic carbocycles. The van der Waals surface area contributed by atoms with Gasteiger partial charge >= 0.3 is 0 Å². The van der Waals surface area contributed by atoms with E-state index in [1.54, 1.807) is 6.20 Å². The molecule has 1 heterocycles. The number of hydrogen-bond acceptors (Lipinski definition) is 4. The summed E-state index contributed by atoms with van der Waals surface area (Å²) in [6, 6.07) is 3.85. The van der Waals surface area contributed by atoms with Crippen molar-refractivity contribution in [3.8, 4) is 0 Å². The maximum Gasteiger partial charge on any atom is 0.183 e. The van der Waals surface area contributed by atoms with Crippen LogP contribution in [-0.2, 0) is 8.85 Å². The number of nitrogen functional groups attached to an aromatic ring is 1. The van der Waals surface area contributed by atoms with Crippen molar-refractivity contribution in [2.24, 2.45) is 0 Å². The Morgan fingerprint density at radius 3 is 1.82 bits per heavy atom. The van der Waals surface area contributed by atoms with Crippen LogP contribution in [0.1, 0.15) is 53.4 Å². The fraction of sp³-hybridized carbons (Fsp3) is 0.688. The van der Waals surface area contributed by atoms with E-state index in [9.17, 15) is 0 Å². The van der Waals surface area contributed by atoms with Crippen molar-refractivity contribution in [2.75, 3.05) is 5.73 Å². The zero-order chi connectivity index (χ0) is 17.1. The molecule has 0 saturated carbocycles. The van der Waals surface area contributed by atoms with Gasteiger partial charge in [-0.2, -0.15) is 0 Å². The van der Waals surface area contributed by atoms with Gasteiger partial charge < -0.3 is 14.6 Å². The highest BCUT2D eigenvalue weighted by Crippen LogP contribution is 2.36. The Hall–Kier alpha value is -0.696. The molecule has 0 amide bonds. The number of anilines is 1. The van der Waals surface area contributed by atoms with E-state index in [4.69, 9.17) is 14.6 Å². The van der Waals surface area contributed by atoms with Crippen LogP contribution in [0.3, 0.4) is 0 Å². The molecule has 0 aliphatic rings. The van der Waals surface area contributed by atoms with Crippen molar-refractivity contribution in [2.45, 2.75) is 71.0 Å². The standard InChI is InChI=1S/C16H32N2O2Si2/c1-15(2,3)21(7)19-14(20-22(8)16(4,5)6)12-10-9-11-18-13(12)17/h9-11,14,21-22H,1-8H3,(H2,17,18). The van der Waals surface area contributed by atoms with E-state index in [0.717, 1.165) is 5.56 Å². The van der Waals surface area contributed by atoms with E-state index < -0.39 is 24.4 Å². The fourth-order valence-electron chi connectivity index (χ4n) is 1.59. The molecule has 126 valence electrons. The zero-order valence-electron chi connectivity index (χ0n) is 15.3. The second-order valence-corrected chi connectivity index (χ2v) is 14.7. The summed E-state index contributed by atoms with van der Waals surface area (Å²) in [7, 11) is -2.88. The minimum Gasteiger partial charge on any atom is -0.392 e. The van der Waals surface area contributed by atoms with Crippen LogP contribution in [0, 0.1) is 0 Å². The van der Waals surface area contributed by atoms with Crippen molar-refractivity contribution >= 4 is 23.9 Å². The summed E-state index contributed by atoms with van der Waals surface area (Å²) in [6.07, 6.45) is 1.31. The number of aromatic nitrogens is 1. The molecule has 0 bridgehead atoms. The van der Waals surface area contributed by atoms with E-state index in [-0.39, 0.29) is 10.1 Å². The van der Waals surface area contributed by atoms with Gasteiger partial charge in [-0.15, -0.1) is 0 Å². The third kappa shape index (κ3) is 5.50. The van der Waals surface area contributed by atoms with E-state index in [2.05, 4.69) is 59.6 Å². The molecule has 1 aromatic rings. The predicted octanol–water partition coefficient (Wildman–Crippen LogP) is 4.00. The second-order valence-electron chi connectivity index (χ2n) is 8.10. The monoisotopic (exact) mass is 340 g/mol. The topological polar surface area (TPSA) is 57.4 Å². The lowest BCUT2D eigenvalue weighted by atomic mass is 10.2. The smallest absolute Gasteiger partial charge is 0.183 e. The first-order chi connectivity index (χ1) is 9.93. The summed E-state index contributed by atoms with van der Waals surface area (Å²) in [5.41, 5.74) is 6.91. The molecule has 2 atom stereocenters. The average Bonchev–Trinajstić information content (AvgIpc) is 2.36. The summed E-state index contributed by atoms with van der Waals surface area (Å²) in [4.78, 5) is 4.19. The van der Waals surface area contributed by atoms with E-state index in [0.29, 0.717) is 5.82 Å². The Balaban J connectivity index is 3.03. The normalized spacial score (nSPS) is 17.1. The Labute approximate surface area is 138 Å². The molecule has 2 N–H and O–H groups in total.